The summed E-state index contributed by atoms with van der Waals surface area (Å²) in [5.74, 6) is 0.755. The highest BCUT2D eigenvalue weighted by molar-refractivity contribution is 7.85. The fourth-order valence-corrected chi connectivity index (χ4v) is 5.07. The Morgan fingerprint density at radius 2 is 1.91 bits per heavy atom. The molecule has 0 saturated carbocycles. The summed E-state index contributed by atoms with van der Waals surface area (Å²) in [6.07, 6.45) is 10.4. The van der Waals surface area contributed by atoms with Gasteiger partial charge in [-0.3, -0.25) is 14.1 Å². The minimum Gasteiger partial charge on any atom is -0.462 e. The molecule has 0 aromatic heterocycles. The lowest BCUT2D eigenvalue weighted by atomic mass is 9.65. The topological polar surface area (TPSA) is 127 Å². The van der Waals surface area contributed by atoms with Gasteiger partial charge in [0.25, 0.3) is 10.1 Å². The molecule has 3 aliphatic rings. The van der Waals surface area contributed by atoms with E-state index in [4.69, 9.17) is 14.0 Å². The Morgan fingerprint density at radius 3 is 2.50 bits per heavy atom. The van der Waals surface area contributed by atoms with Crippen molar-refractivity contribution >= 4 is 22.1 Å². The minimum atomic E-state index is -3.67. The fourth-order valence-electron chi connectivity index (χ4n) is 5.07. The van der Waals surface area contributed by atoms with Crippen molar-refractivity contribution < 1.29 is 37.1 Å². The van der Waals surface area contributed by atoms with Gasteiger partial charge < -0.3 is 14.6 Å². The number of hydrogen-bond acceptors (Lipinski definition) is 7. The van der Waals surface area contributed by atoms with Crippen molar-refractivity contribution in [2.45, 2.75) is 84.5 Å². The molecule has 0 radical (unpaired) electrons. The van der Waals surface area contributed by atoms with Crippen LogP contribution in [0.2, 0.25) is 0 Å². The highest BCUT2D eigenvalue weighted by Crippen LogP contribution is 2.45. The van der Waals surface area contributed by atoms with Crippen LogP contribution in [0.1, 0.15) is 66.2 Å². The van der Waals surface area contributed by atoms with Gasteiger partial charge in [-0.15, -0.1) is 0 Å². The van der Waals surface area contributed by atoms with Crippen LogP contribution in [0.5, 0.6) is 0 Å². The van der Waals surface area contributed by atoms with Crippen molar-refractivity contribution in [1.29, 1.82) is 0 Å². The molecule has 1 fully saturated rings. The lowest BCUT2D eigenvalue weighted by molar-refractivity contribution is -0.162. The summed E-state index contributed by atoms with van der Waals surface area (Å²) in [5, 5.41) is 9.89. The standard InChI is InChI=1S/C24H36O5.CH4O3S/c1-5-15(3)24(27)29-21-11-14(2)10-17-7-6-16(4)20(23(17)21)9-8-19-12-18(25)13-22(26)28-19;1-5(2,3)4/h6-7,10,14-16,18-21,23,25H,5,8-9,11-13H2,1-4H3;1H3,(H,2,3,4)/t14-,15-,16-,18+,19+,20-,21-,23-;/m0./s1. The molecule has 2 aliphatic carbocycles. The summed E-state index contributed by atoms with van der Waals surface area (Å²) >= 11 is 0. The maximum atomic E-state index is 12.5. The Morgan fingerprint density at radius 1 is 1.26 bits per heavy atom. The Bertz CT molecular complexity index is 869. The third kappa shape index (κ3) is 8.82. The van der Waals surface area contributed by atoms with Gasteiger partial charge in [-0.05, 0) is 49.0 Å². The van der Waals surface area contributed by atoms with E-state index in [0.29, 0.717) is 30.4 Å². The summed E-state index contributed by atoms with van der Waals surface area (Å²) in [7, 11) is -3.67. The molecule has 34 heavy (non-hydrogen) atoms. The molecular weight excluding hydrogens is 460 g/mol. The van der Waals surface area contributed by atoms with Crippen LogP contribution in [0, 0.1) is 29.6 Å². The van der Waals surface area contributed by atoms with Crippen molar-refractivity contribution in [1.82, 2.24) is 0 Å². The number of esters is 2. The number of carbonyl (C=O) groups excluding carboxylic acids is 2. The minimum absolute atomic E-state index is 0.0854. The molecule has 194 valence electrons. The van der Waals surface area contributed by atoms with Crippen LogP contribution in [0.25, 0.3) is 0 Å². The van der Waals surface area contributed by atoms with Gasteiger partial charge in [0.2, 0.25) is 0 Å². The lowest BCUT2D eigenvalue weighted by Crippen LogP contribution is -2.42. The van der Waals surface area contributed by atoms with E-state index in [9.17, 15) is 23.1 Å². The van der Waals surface area contributed by atoms with Gasteiger partial charge in [0.15, 0.2) is 0 Å². The van der Waals surface area contributed by atoms with E-state index >= 15 is 0 Å². The predicted molar refractivity (Wildman–Crippen MR) is 128 cm³/mol. The third-order valence-corrected chi connectivity index (χ3v) is 6.93. The van der Waals surface area contributed by atoms with Gasteiger partial charge in [-0.25, -0.2) is 0 Å². The van der Waals surface area contributed by atoms with Crippen molar-refractivity contribution in [2.75, 3.05) is 6.26 Å². The molecule has 8 nitrogen and oxygen atoms in total. The van der Waals surface area contributed by atoms with E-state index in [2.05, 4.69) is 32.1 Å². The Hall–Kier alpha value is -1.71. The summed E-state index contributed by atoms with van der Waals surface area (Å²) in [6.45, 7) is 8.33. The number of aliphatic hydroxyl groups excluding tert-OH is 1. The predicted octanol–water partition coefficient (Wildman–Crippen LogP) is 3.70. The summed E-state index contributed by atoms with van der Waals surface area (Å²) in [5.41, 5.74) is 1.27. The highest BCUT2D eigenvalue weighted by Gasteiger charge is 2.42. The Labute approximate surface area is 203 Å². The molecular formula is C25H40O8S. The number of rotatable bonds is 6. The number of cyclic esters (lactones) is 1. The molecule has 1 aliphatic heterocycles. The van der Waals surface area contributed by atoms with E-state index in [-0.39, 0.29) is 42.4 Å². The number of fused-ring (bicyclic) bond motifs is 1. The molecule has 1 saturated heterocycles. The molecule has 0 aromatic rings. The van der Waals surface area contributed by atoms with E-state index in [0.717, 1.165) is 25.7 Å². The zero-order chi connectivity index (χ0) is 25.6. The van der Waals surface area contributed by atoms with E-state index in [1.807, 2.05) is 13.8 Å². The fraction of sp³-hybridized carbons (Fsp3) is 0.760. The largest absolute Gasteiger partial charge is 0.462 e. The number of carbonyl (C=O) groups is 2. The Kier molecular flexibility index (Phi) is 10.3. The quantitative estimate of drug-likeness (QED) is 0.417. The SMILES string of the molecule is CC[C@H](C)C(=O)O[C@H]1C[C@@H](C)C=C2C=C[C@H](C)[C@H](CC[C@@H]3C[C@@H](O)CC(=O)O3)[C@H]21.CS(=O)(=O)O. The van der Waals surface area contributed by atoms with Gasteiger partial charge in [0.05, 0.1) is 24.7 Å². The van der Waals surface area contributed by atoms with Gasteiger partial charge >= 0.3 is 11.9 Å². The monoisotopic (exact) mass is 500 g/mol. The lowest BCUT2D eigenvalue weighted by Gasteiger charge is -2.43. The maximum absolute atomic E-state index is 12.5. The molecule has 8 atom stereocenters. The maximum Gasteiger partial charge on any atom is 0.308 e. The van der Waals surface area contributed by atoms with Crippen LogP contribution in [0.3, 0.4) is 0 Å². The van der Waals surface area contributed by atoms with Crippen LogP contribution < -0.4 is 0 Å². The molecule has 9 heteroatoms. The summed E-state index contributed by atoms with van der Waals surface area (Å²) in [4.78, 5) is 24.2. The van der Waals surface area contributed by atoms with Crippen molar-refractivity contribution in [2.24, 2.45) is 29.6 Å². The van der Waals surface area contributed by atoms with Crippen LogP contribution in [-0.2, 0) is 29.2 Å². The van der Waals surface area contributed by atoms with E-state index < -0.39 is 16.2 Å². The normalized spacial score (nSPS) is 34.0. The number of allylic oxidation sites excluding steroid dienone is 3. The van der Waals surface area contributed by atoms with Crippen LogP contribution in [0.4, 0.5) is 0 Å². The summed E-state index contributed by atoms with van der Waals surface area (Å²) < 4.78 is 37.4. The molecule has 3 rings (SSSR count). The molecule has 0 unspecified atom stereocenters. The first-order valence-corrected chi connectivity index (χ1v) is 14.0. The van der Waals surface area contributed by atoms with Gasteiger partial charge in [-0.1, -0.05) is 45.9 Å². The molecule has 0 aromatic carbocycles. The Balaban J connectivity index is 0.000000739. The first-order valence-electron chi connectivity index (χ1n) is 12.2. The smallest absolute Gasteiger partial charge is 0.308 e. The number of hydrogen-bond donors (Lipinski definition) is 2. The van der Waals surface area contributed by atoms with Crippen molar-refractivity contribution in [3.05, 3.63) is 23.8 Å². The van der Waals surface area contributed by atoms with Crippen LogP contribution in [-0.4, -0.2) is 54.6 Å². The van der Waals surface area contributed by atoms with Crippen LogP contribution in [0.15, 0.2) is 23.8 Å². The van der Waals surface area contributed by atoms with Crippen molar-refractivity contribution in [3.8, 4) is 0 Å². The first-order chi connectivity index (χ1) is 15.8. The van der Waals surface area contributed by atoms with Gasteiger partial charge in [0, 0.05) is 12.3 Å². The molecule has 0 spiro atoms. The van der Waals surface area contributed by atoms with Crippen molar-refractivity contribution in [3.63, 3.8) is 0 Å². The number of aliphatic hydroxyl groups is 1. The molecule has 0 amide bonds. The van der Waals surface area contributed by atoms with E-state index in [1.54, 1.807) is 0 Å². The second-order valence-corrected chi connectivity index (χ2v) is 11.6. The average molecular weight is 501 g/mol. The first kappa shape index (κ1) is 28.5. The highest BCUT2D eigenvalue weighted by atomic mass is 32.2. The zero-order valence-electron chi connectivity index (χ0n) is 20.8. The second-order valence-electron chi connectivity index (χ2n) is 10.1. The molecule has 0 bridgehead atoms. The third-order valence-electron chi connectivity index (χ3n) is 6.93. The van der Waals surface area contributed by atoms with Gasteiger partial charge in [-0.2, -0.15) is 8.42 Å². The molecule has 1 heterocycles. The summed E-state index contributed by atoms with van der Waals surface area (Å²) in [6, 6.07) is 0. The average Bonchev–Trinajstić information content (AvgIpc) is 2.70. The number of ether oxygens (including phenoxy) is 2. The zero-order valence-corrected chi connectivity index (χ0v) is 21.7. The van der Waals surface area contributed by atoms with Gasteiger partial charge in [0.1, 0.15) is 12.2 Å². The second kappa shape index (κ2) is 12.3. The molecule has 2 N–H and O–H groups in total. The van der Waals surface area contributed by atoms with Crippen LogP contribution >= 0.6 is 0 Å². The van der Waals surface area contributed by atoms with E-state index in [1.165, 1.54) is 5.57 Å².